The molecule has 55 heavy (non-hydrogen) atoms. The number of methoxy groups -OCH3 is 4. The summed E-state index contributed by atoms with van der Waals surface area (Å²) in [6.45, 7) is 7.61. The molecule has 2 aliphatic rings. The molecule has 5 heterocycles. The Morgan fingerprint density at radius 1 is 0.709 bits per heavy atom. The highest BCUT2D eigenvalue weighted by Gasteiger charge is 2.40. The number of nitrogens with one attached hydrogen (secondary N) is 2. The average molecular weight is 759 g/mol. The number of carbonyl (C=O) groups is 4. The van der Waals surface area contributed by atoms with E-state index in [2.05, 4.69) is 9.97 Å². The molecule has 0 amide bonds. The van der Waals surface area contributed by atoms with Crippen molar-refractivity contribution in [3.8, 4) is 0 Å². The molecule has 8 bridgehead atoms. The maximum absolute atomic E-state index is 13.0. The van der Waals surface area contributed by atoms with E-state index < -0.39 is 42.0 Å². The van der Waals surface area contributed by atoms with Crippen molar-refractivity contribution in [1.82, 2.24) is 19.9 Å². The van der Waals surface area contributed by atoms with Gasteiger partial charge >= 0.3 is 23.9 Å². The Kier molecular flexibility index (Phi) is 12.6. The van der Waals surface area contributed by atoms with Gasteiger partial charge in [0.1, 0.15) is 0 Å². The second-order valence-electron chi connectivity index (χ2n) is 14.5. The van der Waals surface area contributed by atoms with Crippen LogP contribution in [0.15, 0.2) is 24.3 Å². The molecule has 3 aromatic heterocycles. The van der Waals surface area contributed by atoms with Crippen molar-refractivity contribution in [3.63, 3.8) is 0 Å². The van der Waals surface area contributed by atoms with Gasteiger partial charge in [-0.3, -0.25) is 24.2 Å². The first-order valence-electron chi connectivity index (χ1n) is 18.2. The predicted molar refractivity (Wildman–Crippen MR) is 205 cm³/mol. The number of aryl methyl sites for hydroxylation is 3. The molecule has 14 heteroatoms. The minimum Gasteiger partial charge on any atom is -0.469 e. The van der Waals surface area contributed by atoms with Crippen molar-refractivity contribution in [2.75, 3.05) is 35.0 Å². The van der Waals surface area contributed by atoms with Crippen LogP contribution in [-0.4, -0.2) is 95.2 Å². The van der Waals surface area contributed by atoms with Crippen molar-refractivity contribution >= 4 is 57.1 Å². The van der Waals surface area contributed by atoms with Gasteiger partial charge in [-0.1, -0.05) is 13.8 Å². The molecule has 0 saturated carbocycles. The molecule has 294 valence electrons. The minimum absolute atomic E-state index is 0.00702. The van der Waals surface area contributed by atoms with Crippen molar-refractivity contribution in [1.29, 1.82) is 0 Å². The monoisotopic (exact) mass is 758 g/mol. The van der Waals surface area contributed by atoms with Crippen LogP contribution in [0.25, 0.3) is 33.2 Å². The molecule has 2 unspecified atom stereocenters. The van der Waals surface area contributed by atoms with E-state index in [1.807, 2.05) is 45.9 Å². The van der Waals surface area contributed by atoms with Crippen molar-refractivity contribution in [2.45, 2.75) is 90.1 Å². The standard InChI is InChI=1S/C41H50N4O10/c1-21-22(2)30-17-35-28(13-23(47)20-46)41(3,4)36(45-35)19-34-27(15-40(51)55-8)25(10-12-38(49)53-6)32(44-34)18-31-24(9-11-37(48)52-5)26(14-39(50)54-7)33(43-31)16-29(21)42-30/h16-19,23,28,42,44,46-47H,9-15,20H2,1-8H3. The second kappa shape index (κ2) is 17.0. The van der Waals surface area contributed by atoms with E-state index in [-0.39, 0.29) is 50.9 Å². The highest BCUT2D eigenvalue weighted by molar-refractivity contribution is 6.00. The largest absolute Gasteiger partial charge is 0.469 e. The number of aliphatic hydroxyl groups excluding tert-OH is 2. The Bertz CT molecular complexity index is 2200. The number of allylic oxidation sites excluding steroid dienone is 1. The van der Waals surface area contributed by atoms with Gasteiger partial charge in [0.05, 0.1) is 65.4 Å². The maximum Gasteiger partial charge on any atom is 0.310 e. The minimum atomic E-state index is -0.989. The lowest BCUT2D eigenvalue weighted by atomic mass is 9.74. The summed E-state index contributed by atoms with van der Waals surface area (Å²) in [6.07, 6.45) is -0.592. The lowest BCUT2D eigenvalue weighted by Crippen LogP contribution is -2.27. The molecule has 2 aliphatic heterocycles. The van der Waals surface area contributed by atoms with Crippen molar-refractivity contribution < 1.29 is 48.3 Å². The third-order valence-electron chi connectivity index (χ3n) is 10.9. The highest BCUT2D eigenvalue weighted by Crippen LogP contribution is 2.45. The van der Waals surface area contributed by atoms with Gasteiger partial charge in [-0.25, -0.2) is 4.98 Å². The molecular formula is C41H50N4O10. The van der Waals surface area contributed by atoms with Gasteiger partial charge in [0.15, 0.2) is 0 Å². The van der Waals surface area contributed by atoms with Gasteiger partial charge in [0.2, 0.25) is 0 Å². The van der Waals surface area contributed by atoms with Crippen LogP contribution in [0.3, 0.4) is 0 Å². The lowest BCUT2D eigenvalue weighted by Gasteiger charge is -2.28. The summed E-state index contributed by atoms with van der Waals surface area (Å²) < 4.78 is 20.1. The fourth-order valence-corrected chi connectivity index (χ4v) is 7.34. The first-order chi connectivity index (χ1) is 26.1. The fraction of sp³-hybridized carbons (Fsp3) is 0.463. The number of esters is 4. The summed E-state index contributed by atoms with van der Waals surface area (Å²) in [6, 6.07) is 7.49. The molecule has 3 aromatic rings. The van der Waals surface area contributed by atoms with Crippen LogP contribution < -0.4 is 0 Å². The van der Waals surface area contributed by atoms with Gasteiger partial charge < -0.3 is 39.1 Å². The number of aromatic nitrogens is 4. The number of carbonyl (C=O) groups excluding carboxylic acids is 4. The summed E-state index contributed by atoms with van der Waals surface area (Å²) in [5.74, 6) is -2.18. The van der Waals surface area contributed by atoms with Gasteiger partial charge in [-0.2, -0.15) is 0 Å². The van der Waals surface area contributed by atoms with E-state index in [1.54, 1.807) is 6.07 Å². The van der Waals surface area contributed by atoms with Crippen LogP contribution in [0.2, 0.25) is 0 Å². The summed E-state index contributed by atoms with van der Waals surface area (Å²) in [4.78, 5) is 68.0. The van der Waals surface area contributed by atoms with Gasteiger partial charge in [-0.05, 0) is 90.8 Å². The molecule has 2 atom stereocenters. The zero-order valence-electron chi connectivity index (χ0n) is 32.7. The van der Waals surface area contributed by atoms with Crippen LogP contribution in [0.4, 0.5) is 0 Å². The number of H-pyrrole nitrogens is 2. The topological polar surface area (TPSA) is 203 Å². The third kappa shape index (κ3) is 8.65. The molecule has 0 spiro atoms. The van der Waals surface area contributed by atoms with E-state index in [4.69, 9.17) is 28.9 Å². The highest BCUT2D eigenvalue weighted by atomic mass is 16.5. The van der Waals surface area contributed by atoms with Crippen LogP contribution >= 0.6 is 0 Å². The predicted octanol–water partition coefficient (Wildman–Crippen LogP) is 4.98. The number of fused-ring (bicyclic) bond motifs is 8. The lowest BCUT2D eigenvalue weighted by molar-refractivity contribution is -0.141. The zero-order valence-corrected chi connectivity index (χ0v) is 32.7. The number of hydrogen-bond acceptors (Lipinski definition) is 12. The smallest absolute Gasteiger partial charge is 0.310 e. The van der Waals surface area contributed by atoms with Crippen molar-refractivity contribution in [3.05, 3.63) is 69.3 Å². The molecule has 0 fully saturated rings. The first-order valence-corrected chi connectivity index (χ1v) is 18.2. The van der Waals surface area contributed by atoms with Gasteiger partial charge in [0, 0.05) is 57.6 Å². The number of nitrogens with zero attached hydrogens (tertiary/aromatic N) is 2. The Morgan fingerprint density at radius 3 is 1.85 bits per heavy atom. The number of aliphatic hydroxyl groups is 2. The third-order valence-corrected chi connectivity index (χ3v) is 10.9. The summed E-state index contributed by atoms with van der Waals surface area (Å²) >= 11 is 0. The van der Waals surface area contributed by atoms with E-state index in [1.165, 1.54) is 28.4 Å². The average Bonchev–Trinajstić information content (AvgIpc) is 3.81. The molecule has 0 aromatic carbocycles. The number of aromatic amines is 2. The Morgan fingerprint density at radius 2 is 1.24 bits per heavy atom. The molecule has 14 nitrogen and oxygen atoms in total. The van der Waals surface area contributed by atoms with Crippen LogP contribution in [0.5, 0.6) is 0 Å². The van der Waals surface area contributed by atoms with E-state index in [9.17, 15) is 29.4 Å². The Balaban J connectivity index is 1.98. The second-order valence-corrected chi connectivity index (χ2v) is 14.5. The molecule has 4 N–H and O–H groups in total. The molecule has 5 rings (SSSR count). The quantitative estimate of drug-likeness (QED) is 0.135. The molecule has 0 radical (unpaired) electrons. The zero-order chi connectivity index (χ0) is 40.2. The molecule has 0 saturated heterocycles. The number of hydrogen-bond donors (Lipinski definition) is 4. The van der Waals surface area contributed by atoms with Crippen LogP contribution in [-0.2, 0) is 56.4 Å². The normalized spacial score (nSPS) is 15.4. The Hall–Kier alpha value is -5.34. The fourth-order valence-electron chi connectivity index (χ4n) is 7.34. The van der Waals surface area contributed by atoms with Gasteiger partial charge in [0.25, 0.3) is 0 Å². The summed E-state index contributed by atoms with van der Waals surface area (Å²) in [5, 5.41) is 20.6. The molecular weight excluding hydrogens is 708 g/mol. The summed E-state index contributed by atoms with van der Waals surface area (Å²) in [7, 11) is 5.23. The van der Waals surface area contributed by atoms with E-state index >= 15 is 0 Å². The SMILES string of the molecule is COC(=O)CCC1=C(CC(=O)OC)c2cc3[nH]c(cc4nc(cc5[nH]c(cc1n2)c(CCC(=O)OC)c5CC(=O)OC)C(C)(C)C4CC(O)CO)c(C)c3C. The Labute approximate surface area is 319 Å². The van der Waals surface area contributed by atoms with Crippen molar-refractivity contribution in [2.24, 2.45) is 0 Å². The summed E-state index contributed by atoms with van der Waals surface area (Å²) in [5.41, 5.74) is 8.63. The molecule has 0 aliphatic carbocycles. The van der Waals surface area contributed by atoms with E-state index in [0.717, 1.165) is 22.2 Å². The van der Waals surface area contributed by atoms with Crippen LogP contribution in [0.1, 0.15) is 96.9 Å². The number of rotatable bonds is 13. The van der Waals surface area contributed by atoms with E-state index in [0.29, 0.717) is 56.1 Å². The maximum atomic E-state index is 13.0. The van der Waals surface area contributed by atoms with Crippen LogP contribution in [0, 0.1) is 13.8 Å². The van der Waals surface area contributed by atoms with Gasteiger partial charge in [-0.15, -0.1) is 0 Å². The first kappa shape index (κ1) is 40.8. The number of ether oxygens (including phenoxy) is 4.